The van der Waals surface area contributed by atoms with Crippen molar-refractivity contribution in [2.45, 2.75) is 38.7 Å². The van der Waals surface area contributed by atoms with E-state index < -0.39 is 11.7 Å². The Kier molecular flexibility index (Phi) is 7.18. The summed E-state index contributed by atoms with van der Waals surface area (Å²) in [6.45, 7) is 5.49. The van der Waals surface area contributed by atoms with Gasteiger partial charge in [-0.3, -0.25) is 0 Å². The SMILES string of the molecule is CN(C)CCCCOc1ccc(CC(C)(C)OC(N)=O)cc1. The number of hydrogen-bond donors (Lipinski definition) is 1. The maximum absolute atomic E-state index is 10.8. The highest BCUT2D eigenvalue weighted by molar-refractivity contribution is 5.65. The second-order valence-corrected chi connectivity index (χ2v) is 6.36. The van der Waals surface area contributed by atoms with Crippen molar-refractivity contribution in [3.63, 3.8) is 0 Å². The topological polar surface area (TPSA) is 64.8 Å². The second kappa shape index (κ2) is 8.63. The molecule has 0 aliphatic rings. The second-order valence-electron chi connectivity index (χ2n) is 6.36. The fraction of sp³-hybridized carbons (Fsp3) is 0.588. The van der Waals surface area contributed by atoms with Gasteiger partial charge in [0.15, 0.2) is 0 Å². The molecule has 1 aromatic rings. The minimum atomic E-state index is -0.748. The fourth-order valence-corrected chi connectivity index (χ4v) is 2.22. The molecule has 5 nitrogen and oxygen atoms in total. The molecule has 0 saturated heterocycles. The molecule has 0 fully saturated rings. The van der Waals surface area contributed by atoms with Gasteiger partial charge in [0.1, 0.15) is 11.4 Å². The monoisotopic (exact) mass is 308 g/mol. The van der Waals surface area contributed by atoms with Crippen LogP contribution in [-0.2, 0) is 11.2 Å². The van der Waals surface area contributed by atoms with Crippen molar-refractivity contribution in [2.75, 3.05) is 27.2 Å². The van der Waals surface area contributed by atoms with Gasteiger partial charge < -0.3 is 20.1 Å². The van der Waals surface area contributed by atoms with Crippen molar-refractivity contribution in [1.29, 1.82) is 0 Å². The Bertz CT molecular complexity index is 455. The number of benzene rings is 1. The van der Waals surface area contributed by atoms with Crippen LogP contribution >= 0.6 is 0 Å². The zero-order valence-electron chi connectivity index (χ0n) is 14.1. The number of nitrogens with two attached hydrogens (primary N) is 1. The van der Waals surface area contributed by atoms with Gasteiger partial charge in [-0.15, -0.1) is 0 Å². The first kappa shape index (κ1) is 18.3. The van der Waals surface area contributed by atoms with Gasteiger partial charge >= 0.3 is 6.09 Å². The first-order valence-electron chi connectivity index (χ1n) is 7.63. The van der Waals surface area contributed by atoms with E-state index in [0.29, 0.717) is 6.42 Å². The van der Waals surface area contributed by atoms with E-state index in [1.807, 2.05) is 38.1 Å². The summed E-state index contributed by atoms with van der Waals surface area (Å²) in [6, 6.07) is 7.87. The molecule has 1 amide bonds. The number of rotatable bonds is 9. The van der Waals surface area contributed by atoms with Gasteiger partial charge in [-0.25, -0.2) is 4.79 Å². The molecule has 0 atom stereocenters. The van der Waals surface area contributed by atoms with Gasteiger partial charge in [0.2, 0.25) is 0 Å². The molecule has 124 valence electrons. The lowest BCUT2D eigenvalue weighted by Gasteiger charge is -2.24. The molecule has 0 aliphatic carbocycles. The molecular formula is C17H28N2O3. The Labute approximate surface area is 133 Å². The smallest absolute Gasteiger partial charge is 0.405 e. The third-order valence-electron chi connectivity index (χ3n) is 3.20. The molecule has 1 rings (SSSR count). The molecule has 0 aliphatic heterocycles. The highest BCUT2D eigenvalue weighted by Crippen LogP contribution is 2.19. The van der Waals surface area contributed by atoms with Crippen LogP contribution < -0.4 is 10.5 Å². The Balaban J connectivity index is 2.38. The van der Waals surface area contributed by atoms with Crippen molar-refractivity contribution in [2.24, 2.45) is 5.73 Å². The Morgan fingerprint density at radius 2 is 1.82 bits per heavy atom. The number of carbonyl (C=O) groups excluding carboxylic acids is 1. The molecule has 0 unspecified atom stereocenters. The highest BCUT2D eigenvalue weighted by Gasteiger charge is 2.22. The minimum absolute atomic E-state index is 0.610. The third kappa shape index (κ3) is 7.88. The summed E-state index contributed by atoms with van der Waals surface area (Å²) in [5.41, 5.74) is 5.53. The molecular weight excluding hydrogens is 280 g/mol. The van der Waals surface area contributed by atoms with Crippen molar-refractivity contribution < 1.29 is 14.3 Å². The Hall–Kier alpha value is -1.75. The number of primary amides is 1. The summed E-state index contributed by atoms with van der Waals surface area (Å²) < 4.78 is 10.8. The summed E-state index contributed by atoms with van der Waals surface area (Å²) >= 11 is 0. The quantitative estimate of drug-likeness (QED) is 0.712. The van der Waals surface area contributed by atoms with Crippen LogP contribution in [0.25, 0.3) is 0 Å². The van der Waals surface area contributed by atoms with Gasteiger partial charge in [0.05, 0.1) is 6.61 Å². The zero-order chi connectivity index (χ0) is 16.6. The number of amides is 1. The normalized spacial score (nSPS) is 11.5. The van der Waals surface area contributed by atoms with Crippen molar-refractivity contribution in [1.82, 2.24) is 4.90 Å². The average Bonchev–Trinajstić information content (AvgIpc) is 2.38. The highest BCUT2D eigenvalue weighted by atomic mass is 16.6. The number of hydrogen-bond acceptors (Lipinski definition) is 4. The molecule has 0 saturated carbocycles. The van der Waals surface area contributed by atoms with Crippen LogP contribution in [0.4, 0.5) is 4.79 Å². The van der Waals surface area contributed by atoms with Crippen LogP contribution in [0, 0.1) is 0 Å². The van der Waals surface area contributed by atoms with Gasteiger partial charge in [-0.05, 0) is 65.0 Å². The van der Waals surface area contributed by atoms with Crippen LogP contribution in [0.15, 0.2) is 24.3 Å². The Morgan fingerprint density at radius 1 is 1.18 bits per heavy atom. The first-order valence-corrected chi connectivity index (χ1v) is 7.63. The van der Waals surface area contributed by atoms with Crippen LogP contribution in [0.1, 0.15) is 32.3 Å². The van der Waals surface area contributed by atoms with E-state index in [4.69, 9.17) is 15.2 Å². The molecule has 0 radical (unpaired) electrons. The van der Waals surface area contributed by atoms with Crippen LogP contribution in [0.5, 0.6) is 5.75 Å². The summed E-state index contributed by atoms with van der Waals surface area (Å²) in [5.74, 6) is 0.863. The summed E-state index contributed by atoms with van der Waals surface area (Å²) in [6.07, 6.45) is 2.03. The molecule has 0 heterocycles. The lowest BCUT2D eigenvalue weighted by atomic mass is 9.98. The van der Waals surface area contributed by atoms with Crippen LogP contribution in [0.2, 0.25) is 0 Å². The Morgan fingerprint density at radius 3 is 2.36 bits per heavy atom. The van der Waals surface area contributed by atoms with Crippen LogP contribution in [0.3, 0.4) is 0 Å². The van der Waals surface area contributed by atoms with Crippen molar-refractivity contribution >= 4 is 6.09 Å². The van der Waals surface area contributed by atoms with E-state index in [1.54, 1.807) is 0 Å². The first-order chi connectivity index (χ1) is 10.3. The average molecular weight is 308 g/mol. The van der Waals surface area contributed by atoms with Crippen molar-refractivity contribution in [3.8, 4) is 5.75 Å². The lowest BCUT2D eigenvalue weighted by molar-refractivity contribution is 0.0460. The van der Waals surface area contributed by atoms with Crippen LogP contribution in [-0.4, -0.2) is 43.8 Å². The standard InChI is InChI=1S/C17H28N2O3/c1-17(2,22-16(18)20)13-14-7-9-15(10-8-14)21-12-6-5-11-19(3)4/h7-10H,5-6,11-13H2,1-4H3,(H2,18,20). The predicted octanol–water partition coefficient (Wildman–Crippen LogP) is 2.82. The molecule has 0 spiro atoms. The third-order valence-corrected chi connectivity index (χ3v) is 3.20. The summed E-state index contributed by atoms with van der Waals surface area (Å²) in [7, 11) is 4.14. The van der Waals surface area contributed by atoms with E-state index >= 15 is 0 Å². The molecule has 0 bridgehead atoms. The predicted molar refractivity (Wildman–Crippen MR) is 88.2 cm³/mol. The maximum atomic E-state index is 10.8. The number of ether oxygens (including phenoxy) is 2. The van der Waals surface area contributed by atoms with E-state index in [0.717, 1.165) is 37.3 Å². The minimum Gasteiger partial charge on any atom is -0.494 e. The molecule has 22 heavy (non-hydrogen) atoms. The molecule has 5 heteroatoms. The van der Waals surface area contributed by atoms with E-state index in [9.17, 15) is 4.79 Å². The number of unbranched alkanes of at least 4 members (excludes halogenated alkanes) is 1. The number of nitrogens with zero attached hydrogens (tertiary/aromatic N) is 1. The summed E-state index contributed by atoms with van der Waals surface area (Å²) in [5, 5.41) is 0. The van der Waals surface area contributed by atoms with Crippen molar-refractivity contribution in [3.05, 3.63) is 29.8 Å². The van der Waals surface area contributed by atoms with Gasteiger partial charge in [-0.2, -0.15) is 0 Å². The molecule has 0 aromatic heterocycles. The summed E-state index contributed by atoms with van der Waals surface area (Å²) in [4.78, 5) is 13.0. The van der Waals surface area contributed by atoms with E-state index in [-0.39, 0.29) is 0 Å². The van der Waals surface area contributed by atoms with E-state index in [2.05, 4.69) is 19.0 Å². The van der Waals surface area contributed by atoms with Gasteiger partial charge in [0.25, 0.3) is 0 Å². The lowest BCUT2D eigenvalue weighted by Crippen LogP contribution is -2.33. The molecule has 1 aromatic carbocycles. The zero-order valence-corrected chi connectivity index (χ0v) is 14.1. The maximum Gasteiger partial charge on any atom is 0.405 e. The van der Waals surface area contributed by atoms with Gasteiger partial charge in [0, 0.05) is 6.42 Å². The largest absolute Gasteiger partial charge is 0.494 e. The van der Waals surface area contributed by atoms with E-state index in [1.165, 1.54) is 0 Å². The molecule has 2 N–H and O–H groups in total. The van der Waals surface area contributed by atoms with Gasteiger partial charge in [-0.1, -0.05) is 12.1 Å². The fourth-order valence-electron chi connectivity index (χ4n) is 2.22. The number of carbonyl (C=O) groups is 1.